The molecule has 0 atom stereocenters. The summed E-state index contributed by atoms with van der Waals surface area (Å²) in [5, 5.41) is 18.6. The molecule has 0 spiro atoms. The average molecular weight is 468 g/mol. The smallest absolute Gasteiger partial charge is 0.345 e. The van der Waals surface area contributed by atoms with Crippen molar-refractivity contribution in [2.24, 2.45) is 5.10 Å². The van der Waals surface area contributed by atoms with Crippen LogP contribution in [0, 0.1) is 10.1 Å². The van der Waals surface area contributed by atoms with Crippen LogP contribution in [0.25, 0.3) is 22.2 Å². The van der Waals surface area contributed by atoms with Gasteiger partial charge in [0.2, 0.25) is 5.13 Å². The van der Waals surface area contributed by atoms with Crippen LogP contribution in [-0.4, -0.2) is 15.6 Å². The Balaban J connectivity index is 1.47. The second kappa shape index (κ2) is 9.08. The van der Waals surface area contributed by atoms with Crippen LogP contribution in [0.4, 0.5) is 10.8 Å². The molecule has 3 aromatic carbocycles. The topological polar surface area (TPSA) is 111 Å². The number of aromatic nitrogens is 1. The van der Waals surface area contributed by atoms with Crippen LogP contribution in [0.3, 0.4) is 0 Å². The highest BCUT2D eigenvalue weighted by molar-refractivity contribution is 7.14. The molecule has 0 saturated heterocycles. The van der Waals surface area contributed by atoms with E-state index in [-0.39, 0.29) is 5.69 Å². The minimum Gasteiger partial charge on any atom is -0.422 e. The van der Waals surface area contributed by atoms with E-state index in [1.165, 1.54) is 23.5 Å². The van der Waals surface area contributed by atoms with E-state index in [1.54, 1.807) is 29.6 Å². The predicted octanol–water partition coefficient (Wildman–Crippen LogP) is 5.69. The lowest BCUT2D eigenvalue weighted by atomic mass is 10.0. The Morgan fingerprint density at radius 1 is 0.971 bits per heavy atom. The van der Waals surface area contributed by atoms with E-state index in [0.717, 1.165) is 10.9 Å². The molecule has 0 aliphatic heterocycles. The molecule has 0 unspecified atom stereocenters. The summed E-state index contributed by atoms with van der Waals surface area (Å²) in [7, 11) is 0. The zero-order chi connectivity index (χ0) is 23.5. The van der Waals surface area contributed by atoms with Crippen LogP contribution in [-0.2, 0) is 0 Å². The third-order valence-electron chi connectivity index (χ3n) is 5.08. The van der Waals surface area contributed by atoms with Gasteiger partial charge in [-0.05, 0) is 24.3 Å². The highest BCUT2D eigenvalue weighted by atomic mass is 32.1. The zero-order valence-electron chi connectivity index (χ0n) is 17.5. The number of nitro benzene ring substituents is 1. The molecule has 9 heteroatoms. The van der Waals surface area contributed by atoms with Crippen molar-refractivity contribution in [3.63, 3.8) is 0 Å². The normalized spacial score (nSPS) is 11.5. The Morgan fingerprint density at radius 3 is 2.44 bits per heavy atom. The largest absolute Gasteiger partial charge is 0.422 e. The van der Waals surface area contributed by atoms with Gasteiger partial charge >= 0.3 is 5.63 Å². The van der Waals surface area contributed by atoms with Gasteiger partial charge in [0.15, 0.2) is 0 Å². The average Bonchev–Trinajstić information content (AvgIpc) is 3.33. The van der Waals surface area contributed by atoms with Gasteiger partial charge < -0.3 is 4.42 Å². The van der Waals surface area contributed by atoms with Crippen molar-refractivity contribution >= 4 is 38.8 Å². The van der Waals surface area contributed by atoms with E-state index in [9.17, 15) is 14.9 Å². The molecule has 1 N–H and O–H groups in total. The van der Waals surface area contributed by atoms with Crippen LogP contribution in [0.15, 0.2) is 105 Å². The molecular weight excluding hydrogens is 452 g/mol. The molecule has 0 aliphatic rings. The number of hydrogen-bond donors (Lipinski definition) is 1. The zero-order valence-corrected chi connectivity index (χ0v) is 18.4. The summed E-state index contributed by atoms with van der Waals surface area (Å²) in [6, 6.07) is 24.7. The number of non-ortho nitro benzene ring substituents is 1. The molecule has 0 radical (unpaired) electrons. The van der Waals surface area contributed by atoms with Gasteiger partial charge in [0.25, 0.3) is 5.69 Å². The number of rotatable bonds is 6. The fourth-order valence-corrected chi connectivity index (χ4v) is 4.08. The standard InChI is InChI=1S/C25H16N4O4S/c30-24-20(14-18-8-4-5-9-22(18)33-24)21-15-34-25(26-21)28-27-23(16-6-2-1-3-7-16)17-10-12-19(13-11-17)29(31)32/h1-15H,(H,26,28)/b27-23-. The molecular formula is C25H16N4O4S. The molecule has 5 rings (SSSR count). The fraction of sp³-hybridized carbons (Fsp3) is 0. The van der Waals surface area contributed by atoms with Crippen LogP contribution in [0.2, 0.25) is 0 Å². The molecule has 0 fully saturated rings. The Kier molecular flexibility index (Phi) is 5.67. The molecule has 8 nitrogen and oxygen atoms in total. The van der Waals surface area contributed by atoms with Gasteiger partial charge in [-0.15, -0.1) is 11.3 Å². The SMILES string of the molecule is O=c1oc2ccccc2cc1-c1csc(N/N=C(/c2ccccc2)c2ccc([N+](=O)[O-])cc2)n1. The molecule has 0 bridgehead atoms. The Labute approximate surface area is 197 Å². The number of fused-ring (bicyclic) bond motifs is 1. The Bertz CT molecular complexity index is 1570. The first-order valence-electron chi connectivity index (χ1n) is 10.2. The van der Waals surface area contributed by atoms with E-state index < -0.39 is 10.5 Å². The highest BCUT2D eigenvalue weighted by Crippen LogP contribution is 2.26. The predicted molar refractivity (Wildman–Crippen MR) is 132 cm³/mol. The molecule has 0 aliphatic carbocycles. The summed E-state index contributed by atoms with van der Waals surface area (Å²) < 4.78 is 5.41. The highest BCUT2D eigenvalue weighted by Gasteiger charge is 2.13. The van der Waals surface area contributed by atoms with Crippen LogP contribution in [0.1, 0.15) is 11.1 Å². The number of benzene rings is 3. The van der Waals surface area contributed by atoms with Crippen molar-refractivity contribution in [3.8, 4) is 11.3 Å². The quantitative estimate of drug-likeness (QED) is 0.148. The van der Waals surface area contributed by atoms with Gasteiger partial charge in [0.05, 0.1) is 21.9 Å². The lowest BCUT2D eigenvalue weighted by Crippen LogP contribution is -2.07. The summed E-state index contributed by atoms with van der Waals surface area (Å²) in [6.07, 6.45) is 0. The van der Waals surface area contributed by atoms with Crippen LogP contribution in [0.5, 0.6) is 0 Å². The van der Waals surface area contributed by atoms with Crippen LogP contribution < -0.4 is 11.1 Å². The van der Waals surface area contributed by atoms with Gasteiger partial charge in [-0.25, -0.2) is 9.78 Å². The van der Waals surface area contributed by atoms with Gasteiger partial charge in [0, 0.05) is 34.0 Å². The summed E-state index contributed by atoms with van der Waals surface area (Å²) >= 11 is 1.30. The third-order valence-corrected chi connectivity index (χ3v) is 5.83. The van der Waals surface area contributed by atoms with E-state index in [2.05, 4.69) is 15.5 Å². The maximum absolute atomic E-state index is 12.5. The van der Waals surface area contributed by atoms with Crippen molar-refractivity contribution < 1.29 is 9.34 Å². The minimum absolute atomic E-state index is 0.00269. The lowest BCUT2D eigenvalue weighted by molar-refractivity contribution is -0.384. The van der Waals surface area contributed by atoms with Crippen molar-refractivity contribution in [2.75, 3.05) is 5.43 Å². The second-order valence-electron chi connectivity index (χ2n) is 7.27. The van der Waals surface area contributed by atoms with E-state index in [4.69, 9.17) is 4.42 Å². The molecule has 0 amide bonds. The number of nitro groups is 1. The first-order valence-corrected chi connectivity index (χ1v) is 11.1. The van der Waals surface area contributed by atoms with Crippen molar-refractivity contribution in [3.05, 3.63) is 122 Å². The number of hydrazone groups is 1. The lowest BCUT2D eigenvalue weighted by Gasteiger charge is -2.07. The molecule has 166 valence electrons. The van der Waals surface area contributed by atoms with Crippen molar-refractivity contribution in [1.29, 1.82) is 0 Å². The van der Waals surface area contributed by atoms with E-state index in [1.807, 2.05) is 48.5 Å². The van der Waals surface area contributed by atoms with Gasteiger partial charge in [-0.3, -0.25) is 15.5 Å². The molecule has 2 heterocycles. The number of nitrogens with zero attached hydrogens (tertiary/aromatic N) is 3. The Hall–Kier alpha value is -4.63. The van der Waals surface area contributed by atoms with Gasteiger partial charge in [-0.2, -0.15) is 5.10 Å². The van der Waals surface area contributed by atoms with E-state index in [0.29, 0.717) is 33.2 Å². The number of hydrogen-bond acceptors (Lipinski definition) is 8. The number of thiazole rings is 1. The summed E-state index contributed by atoms with van der Waals surface area (Å²) in [5.41, 5.74) is 5.99. The number of anilines is 1. The Morgan fingerprint density at radius 2 is 1.68 bits per heavy atom. The third kappa shape index (κ3) is 4.32. The first-order chi connectivity index (χ1) is 16.6. The van der Waals surface area contributed by atoms with Crippen molar-refractivity contribution in [1.82, 2.24) is 4.98 Å². The van der Waals surface area contributed by atoms with Crippen LogP contribution >= 0.6 is 11.3 Å². The molecule has 2 aromatic heterocycles. The summed E-state index contributed by atoms with van der Waals surface area (Å²) in [4.78, 5) is 27.5. The maximum Gasteiger partial charge on any atom is 0.345 e. The summed E-state index contributed by atoms with van der Waals surface area (Å²) in [6.45, 7) is 0. The summed E-state index contributed by atoms with van der Waals surface area (Å²) in [5.74, 6) is 0. The molecule has 34 heavy (non-hydrogen) atoms. The molecule has 5 aromatic rings. The number of para-hydroxylation sites is 1. The first kappa shape index (κ1) is 21.2. The monoisotopic (exact) mass is 468 g/mol. The number of nitrogens with one attached hydrogen (secondary N) is 1. The minimum atomic E-state index is -0.463. The van der Waals surface area contributed by atoms with Gasteiger partial charge in [-0.1, -0.05) is 48.5 Å². The van der Waals surface area contributed by atoms with Gasteiger partial charge in [0.1, 0.15) is 5.58 Å². The fourth-order valence-electron chi connectivity index (χ4n) is 3.43. The second-order valence-corrected chi connectivity index (χ2v) is 8.12. The maximum atomic E-state index is 12.5. The van der Waals surface area contributed by atoms with Crippen molar-refractivity contribution in [2.45, 2.75) is 0 Å². The molecule has 0 saturated carbocycles. The van der Waals surface area contributed by atoms with E-state index >= 15 is 0 Å².